The molecule has 3 aromatic rings. The first-order chi connectivity index (χ1) is 12.1. The van der Waals surface area contributed by atoms with E-state index in [1.807, 2.05) is 30.3 Å². The van der Waals surface area contributed by atoms with E-state index in [-0.39, 0.29) is 23.7 Å². The largest absolute Gasteiger partial charge is 0.452 e. The third kappa shape index (κ3) is 3.55. The molecule has 2 aromatic carbocycles. The van der Waals surface area contributed by atoms with Gasteiger partial charge in [-0.2, -0.15) is 0 Å². The highest BCUT2D eigenvalue weighted by molar-refractivity contribution is 5.94. The molecule has 0 N–H and O–H groups in total. The molecule has 0 atom stereocenters. The van der Waals surface area contributed by atoms with E-state index in [4.69, 9.17) is 9.15 Å². The van der Waals surface area contributed by atoms with Crippen LogP contribution in [0.2, 0.25) is 0 Å². The van der Waals surface area contributed by atoms with E-state index >= 15 is 0 Å². The molecular weight excluding hydrogens is 324 g/mol. The Balaban J connectivity index is 1.73. The van der Waals surface area contributed by atoms with Crippen molar-refractivity contribution in [1.82, 2.24) is 4.98 Å². The Kier molecular flexibility index (Phi) is 4.56. The summed E-state index contributed by atoms with van der Waals surface area (Å²) in [5, 5.41) is 11.1. The topological polar surface area (TPSA) is 95.5 Å². The van der Waals surface area contributed by atoms with Crippen molar-refractivity contribution in [1.29, 1.82) is 0 Å². The first kappa shape index (κ1) is 16.4. The molecule has 0 aliphatic heterocycles. The van der Waals surface area contributed by atoms with Crippen LogP contribution in [0.3, 0.4) is 0 Å². The molecule has 0 aliphatic rings. The lowest BCUT2D eigenvalue weighted by molar-refractivity contribution is -0.385. The van der Waals surface area contributed by atoms with Gasteiger partial charge in [-0.05, 0) is 13.0 Å². The minimum Gasteiger partial charge on any atom is -0.452 e. The molecule has 0 radical (unpaired) electrons. The molecule has 25 heavy (non-hydrogen) atoms. The van der Waals surface area contributed by atoms with Gasteiger partial charge in [0.1, 0.15) is 5.56 Å². The van der Waals surface area contributed by atoms with Crippen LogP contribution in [-0.4, -0.2) is 15.9 Å². The summed E-state index contributed by atoms with van der Waals surface area (Å²) in [4.78, 5) is 26.8. The Morgan fingerprint density at radius 3 is 2.68 bits per heavy atom. The first-order valence-corrected chi connectivity index (χ1v) is 7.47. The molecule has 0 bridgehead atoms. The Hall–Kier alpha value is -3.48. The van der Waals surface area contributed by atoms with Crippen LogP contribution < -0.4 is 0 Å². The van der Waals surface area contributed by atoms with Crippen LogP contribution in [-0.2, 0) is 11.3 Å². The fourth-order valence-corrected chi connectivity index (χ4v) is 2.38. The highest BCUT2D eigenvalue weighted by Gasteiger charge is 2.24. The number of hydrogen-bond donors (Lipinski definition) is 0. The van der Waals surface area contributed by atoms with Gasteiger partial charge in [0.25, 0.3) is 5.69 Å². The van der Waals surface area contributed by atoms with E-state index in [2.05, 4.69) is 4.98 Å². The Morgan fingerprint density at radius 1 is 1.20 bits per heavy atom. The number of nitrogens with zero attached hydrogens (tertiary/aromatic N) is 2. The second-order valence-electron chi connectivity index (χ2n) is 5.29. The molecule has 3 rings (SSSR count). The van der Waals surface area contributed by atoms with E-state index in [9.17, 15) is 14.9 Å². The van der Waals surface area contributed by atoms with Gasteiger partial charge in [-0.3, -0.25) is 10.1 Å². The number of oxazole rings is 1. The number of hydrogen-bond acceptors (Lipinski definition) is 6. The van der Waals surface area contributed by atoms with Crippen molar-refractivity contribution in [2.24, 2.45) is 0 Å². The monoisotopic (exact) mass is 338 g/mol. The average molecular weight is 338 g/mol. The van der Waals surface area contributed by atoms with Gasteiger partial charge in [0.05, 0.1) is 11.1 Å². The summed E-state index contributed by atoms with van der Waals surface area (Å²) in [6.07, 6.45) is 1.54. The Morgan fingerprint density at radius 2 is 1.96 bits per heavy atom. The van der Waals surface area contributed by atoms with Crippen LogP contribution in [0.4, 0.5) is 5.69 Å². The fourth-order valence-electron chi connectivity index (χ4n) is 2.38. The number of aromatic nitrogens is 1. The minimum atomic E-state index is -0.796. The van der Waals surface area contributed by atoms with Crippen LogP contribution in [0.5, 0.6) is 0 Å². The van der Waals surface area contributed by atoms with Gasteiger partial charge in [0.2, 0.25) is 5.89 Å². The summed E-state index contributed by atoms with van der Waals surface area (Å²) in [6.45, 7) is 1.35. The standard InChI is InChI=1S/C18H14N2O5/c1-12-6-5-9-14(17(12)20(22)23)18(21)24-11-16-19-10-15(25-16)13-7-3-2-4-8-13/h2-10H,11H2,1H3. The number of nitro groups is 1. The number of benzene rings is 2. The van der Waals surface area contributed by atoms with Gasteiger partial charge in [0.15, 0.2) is 12.4 Å². The predicted octanol–water partition coefficient (Wildman–Crippen LogP) is 3.92. The molecule has 0 saturated heterocycles. The highest BCUT2D eigenvalue weighted by Crippen LogP contribution is 2.24. The van der Waals surface area contributed by atoms with E-state index < -0.39 is 10.9 Å². The lowest BCUT2D eigenvalue weighted by Crippen LogP contribution is -2.09. The summed E-state index contributed by atoms with van der Waals surface area (Å²) >= 11 is 0. The first-order valence-electron chi connectivity index (χ1n) is 7.47. The minimum absolute atomic E-state index is 0.0974. The Labute approximate surface area is 143 Å². The van der Waals surface area contributed by atoms with Crippen LogP contribution in [0.1, 0.15) is 21.8 Å². The van der Waals surface area contributed by atoms with Crippen molar-refractivity contribution in [3.8, 4) is 11.3 Å². The molecule has 0 spiro atoms. The number of nitro benzene ring substituents is 1. The van der Waals surface area contributed by atoms with Crippen molar-refractivity contribution < 1.29 is 18.9 Å². The number of rotatable bonds is 5. The maximum atomic E-state index is 12.2. The lowest BCUT2D eigenvalue weighted by Gasteiger charge is -2.05. The molecule has 7 nitrogen and oxygen atoms in total. The van der Waals surface area contributed by atoms with Gasteiger partial charge in [-0.15, -0.1) is 0 Å². The molecule has 0 amide bonds. The molecular formula is C18H14N2O5. The second-order valence-corrected chi connectivity index (χ2v) is 5.29. The van der Waals surface area contributed by atoms with Crippen molar-refractivity contribution in [3.63, 3.8) is 0 Å². The van der Waals surface area contributed by atoms with Crippen molar-refractivity contribution >= 4 is 11.7 Å². The van der Waals surface area contributed by atoms with Crippen LogP contribution in [0, 0.1) is 17.0 Å². The third-order valence-corrected chi connectivity index (χ3v) is 3.58. The molecule has 0 aliphatic carbocycles. The van der Waals surface area contributed by atoms with Crippen molar-refractivity contribution in [2.45, 2.75) is 13.5 Å². The van der Waals surface area contributed by atoms with Crippen molar-refractivity contribution in [2.75, 3.05) is 0 Å². The number of ether oxygens (including phenoxy) is 1. The fraction of sp³-hybridized carbons (Fsp3) is 0.111. The quantitative estimate of drug-likeness (QED) is 0.397. The van der Waals surface area contributed by atoms with Gasteiger partial charge in [-0.1, -0.05) is 42.5 Å². The zero-order chi connectivity index (χ0) is 17.8. The smallest absolute Gasteiger partial charge is 0.345 e. The van der Waals surface area contributed by atoms with Crippen LogP contribution in [0.25, 0.3) is 11.3 Å². The average Bonchev–Trinajstić information content (AvgIpc) is 3.09. The van der Waals surface area contributed by atoms with E-state index in [0.29, 0.717) is 11.3 Å². The summed E-state index contributed by atoms with van der Waals surface area (Å²) in [6, 6.07) is 13.9. The molecule has 0 fully saturated rings. The van der Waals surface area contributed by atoms with E-state index in [1.54, 1.807) is 19.1 Å². The lowest BCUT2D eigenvalue weighted by atomic mass is 10.1. The maximum Gasteiger partial charge on any atom is 0.345 e. The molecule has 1 aromatic heterocycles. The van der Waals surface area contributed by atoms with E-state index in [1.165, 1.54) is 12.3 Å². The Bertz CT molecular complexity index is 918. The molecule has 1 heterocycles. The molecule has 126 valence electrons. The van der Waals surface area contributed by atoms with Gasteiger partial charge < -0.3 is 9.15 Å². The maximum absolute atomic E-state index is 12.2. The summed E-state index contributed by atoms with van der Waals surface area (Å²) < 4.78 is 10.6. The summed E-state index contributed by atoms with van der Waals surface area (Å²) in [5.74, 6) is -0.0365. The highest BCUT2D eigenvalue weighted by atomic mass is 16.6. The number of esters is 1. The molecule has 0 saturated carbocycles. The number of para-hydroxylation sites is 1. The van der Waals surface area contributed by atoms with Crippen molar-refractivity contribution in [3.05, 3.63) is 81.9 Å². The summed E-state index contributed by atoms with van der Waals surface area (Å²) in [5.41, 5.74) is 0.883. The number of carbonyl (C=O) groups excluding carboxylic acids is 1. The zero-order valence-corrected chi connectivity index (χ0v) is 13.3. The number of carbonyl (C=O) groups is 1. The zero-order valence-electron chi connectivity index (χ0n) is 13.3. The molecule has 7 heteroatoms. The van der Waals surface area contributed by atoms with E-state index in [0.717, 1.165) is 5.56 Å². The normalized spacial score (nSPS) is 10.4. The van der Waals surface area contributed by atoms with Gasteiger partial charge >= 0.3 is 5.97 Å². The SMILES string of the molecule is Cc1cccc(C(=O)OCc2ncc(-c3ccccc3)o2)c1[N+](=O)[O-]. The molecule has 0 unspecified atom stereocenters. The van der Waals surface area contributed by atoms with Crippen LogP contribution in [0.15, 0.2) is 59.1 Å². The van der Waals surface area contributed by atoms with Crippen LogP contribution >= 0.6 is 0 Å². The summed E-state index contributed by atoms with van der Waals surface area (Å²) in [7, 11) is 0. The van der Waals surface area contributed by atoms with Gasteiger partial charge in [-0.25, -0.2) is 9.78 Å². The predicted molar refractivity (Wildman–Crippen MR) is 88.9 cm³/mol. The van der Waals surface area contributed by atoms with Gasteiger partial charge in [0, 0.05) is 11.1 Å². The second kappa shape index (κ2) is 6.96. The third-order valence-electron chi connectivity index (χ3n) is 3.58. The number of aryl methyl sites for hydroxylation is 1.